The Hall–Kier alpha value is -0.780. The Labute approximate surface area is 98.3 Å². The summed E-state index contributed by atoms with van der Waals surface area (Å²) in [6.45, 7) is 0. The van der Waals surface area contributed by atoms with Crippen LogP contribution in [-0.2, 0) is 0 Å². The van der Waals surface area contributed by atoms with E-state index in [0.29, 0.717) is 0 Å². The zero-order chi connectivity index (χ0) is 9.14. The van der Waals surface area contributed by atoms with Gasteiger partial charge in [0.2, 0.25) is 0 Å². The van der Waals surface area contributed by atoms with E-state index >= 15 is 0 Å². The summed E-state index contributed by atoms with van der Waals surface area (Å²) in [5, 5.41) is 19.3. The zero-order valence-corrected chi connectivity index (χ0v) is 9.35. The van der Waals surface area contributed by atoms with Crippen molar-refractivity contribution in [3.05, 3.63) is 28.3 Å². The maximum Gasteiger partial charge on any atom is 1.00 e. The molecule has 0 heterocycles. The van der Waals surface area contributed by atoms with Crippen LogP contribution in [0.25, 0.3) is 0 Å². The third-order valence-corrected chi connectivity index (χ3v) is 1.37. The summed E-state index contributed by atoms with van der Waals surface area (Å²) in [4.78, 5) is 9.70. The molecule has 0 bridgehead atoms. The molecule has 0 atom stereocenters. The minimum absolute atomic E-state index is 0. The molecule has 0 aromatic heterocycles. The van der Waals surface area contributed by atoms with Crippen LogP contribution in [-0.4, -0.2) is 17.1 Å². The molecule has 0 aliphatic rings. The van der Waals surface area contributed by atoms with Crippen LogP contribution in [0.3, 0.4) is 0 Å². The van der Waals surface area contributed by atoms with E-state index in [0.717, 1.165) is 6.07 Å². The number of hydrogen-bond acceptors (Lipinski definition) is 4. The van der Waals surface area contributed by atoms with Crippen LogP contribution in [0.4, 0.5) is 5.69 Å². The van der Waals surface area contributed by atoms with Crippen LogP contribution in [0.15, 0.2) is 18.2 Å². The van der Waals surface area contributed by atoms with Crippen molar-refractivity contribution in [2.75, 3.05) is 7.11 Å². The number of nitro groups is 1. The van der Waals surface area contributed by atoms with Crippen LogP contribution < -0.4 is 34.3 Å². The number of rotatable bonds is 2. The minimum Gasteiger partial charge on any atom is -1.00 e. The number of phenols is 1. The summed E-state index contributed by atoms with van der Waals surface area (Å²) in [6.07, 6.45) is 0. The van der Waals surface area contributed by atoms with Crippen LogP contribution >= 0.6 is 0 Å². The van der Waals surface area contributed by atoms with Crippen molar-refractivity contribution in [2.24, 2.45) is 0 Å². The smallest absolute Gasteiger partial charge is 1.00 e. The molecule has 0 radical (unpaired) electrons. The predicted molar refractivity (Wildman–Crippen MR) is 42.4 cm³/mol. The first-order chi connectivity index (χ1) is 5.65. The molecule has 0 unspecified atom stereocenters. The van der Waals surface area contributed by atoms with E-state index in [1.54, 1.807) is 0 Å². The molecule has 1 aromatic rings. The van der Waals surface area contributed by atoms with Crippen LogP contribution in [0.1, 0.15) is 1.43 Å². The molecule has 0 saturated heterocycles. The van der Waals surface area contributed by atoms with Crippen molar-refractivity contribution in [1.29, 1.82) is 0 Å². The van der Waals surface area contributed by atoms with Gasteiger partial charge in [-0.05, 0) is 6.07 Å². The fraction of sp³-hybridized carbons (Fsp3) is 0.143. The summed E-state index contributed by atoms with van der Waals surface area (Å²) < 4.78 is 4.68. The van der Waals surface area contributed by atoms with Crippen molar-refractivity contribution in [3.8, 4) is 11.5 Å². The largest absolute Gasteiger partial charge is 1.00 e. The summed E-state index contributed by atoms with van der Waals surface area (Å²) in [6, 6.07) is 3.59. The average molecular weight is 193 g/mol. The Kier molecular flexibility index (Phi) is 4.76. The van der Waals surface area contributed by atoms with E-state index in [1.165, 1.54) is 19.2 Å². The molecule has 6 heteroatoms. The summed E-state index contributed by atoms with van der Waals surface area (Å²) >= 11 is 0. The number of non-ortho nitro benzene ring substituents is 1. The number of nitro benzene ring substituents is 1. The normalized spacial score (nSPS) is 8.69. The maximum atomic E-state index is 10.2. The Morgan fingerprint density at radius 1 is 1.62 bits per heavy atom. The zero-order valence-electron chi connectivity index (χ0n) is 8.35. The van der Waals surface area contributed by atoms with Gasteiger partial charge >= 0.3 is 29.6 Å². The Morgan fingerprint density at radius 3 is 2.69 bits per heavy atom. The number of hydrogen-bond donors (Lipinski definition) is 1. The third kappa shape index (κ3) is 2.87. The molecule has 5 nitrogen and oxygen atoms in total. The number of aromatic hydroxyl groups is 1. The number of nitrogens with zero attached hydrogens (tertiary/aromatic N) is 1. The molecule has 1 N–H and O–H groups in total. The van der Waals surface area contributed by atoms with E-state index in [1.807, 2.05) is 0 Å². The average Bonchev–Trinajstić information content (AvgIpc) is 2.05. The van der Waals surface area contributed by atoms with Gasteiger partial charge in [0.25, 0.3) is 5.69 Å². The van der Waals surface area contributed by atoms with Crippen molar-refractivity contribution in [2.45, 2.75) is 0 Å². The van der Waals surface area contributed by atoms with Gasteiger partial charge in [-0.15, -0.1) is 0 Å². The topological polar surface area (TPSA) is 72.6 Å². The molecule has 0 aliphatic carbocycles. The second kappa shape index (κ2) is 5.06. The molecule has 0 fully saturated rings. The Balaban J connectivity index is 0. The second-order valence-corrected chi connectivity index (χ2v) is 2.11. The first kappa shape index (κ1) is 12.2. The molecule has 0 amide bonds. The fourth-order valence-electron chi connectivity index (χ4n) is 0.780. The molecule has 0 spiro atoms. The van der Waals surface area contributed by atoms with Gasteiger partial charge in [-0.3, -0.25) is 10.1 Å². The van der Waals surface area contributed by atoms with Crippen LogP contribution in [0.5, 0.6) is 11.5 Å². The first-order valence-corrected chi connectivity index (χ1v) is 3.16. The number of phenolic OH excluding ortho intramolecular Hbond substituents is 1. The SMILES string of the molecule is COc1cc([N+](=O)[O-])ccc1O.[H-].[Na+]. The van der Waals surface area contributed by atoms with Gasteiger partial charge in [0.1, 0.15) is 0 Å². The van der Waals surface area contributed by atoms with Gasteiger partial charge in [-0.1, -0.05) is 0 Å². The number of ether oxygens (including phenoxy) is 1. The van der Waals surface area contributed by atoms with E-state index < -0.39 is 4.92 Å². The molecular weight excluding hydrogens is 185 g/mol. The monoisotopic (exact) mass is 193 g/mol. The fourth-order valence-corrected chi connectivity index (χ4v) is 0.780. The Morgan fingerprint density at radius 2 is 2.23 bits per heavy atom. The Bertz CT molecular complexity index is 321. The van der Waals surface area contributed by atoms with E-state index in [9.17, 15) is 10.1 Å². The van der Waals surface area contributed by atoms with Crippen LogP contribution in [0.2, 0.25) is 0 Å². The van der Waals surface area contributed by atoms with Crippen LogP contribution in [0, 0.1) is 10.1 Å². The van der Waals surface area contributed by atoms with Crippen molar-refractivity contribution in [3.63, 3.8) is 0 Å². The van der Waals surface area contributed by atoms with Gasteiger partial charge < -0.3 is 11.3 Å². The summed E-state index contributed by atoms with van der Waals surface area (Å²) in [7, 11) is 1.33. The summed E-state index contributed by atoms with van der Waals surface area (Å²) in [5.74, 6) is -0.00713. The van der Waals surface area contributed by atoms with Gasteiger partial charge in [0.15, 0.2) is 11.5 Å². The van der Waals surface area contributed by atoms with Gasteiger partial charge in [-0.25, -0.2) is 0 Å². The first-order valence-electron chi connectivity index (χ1n) is 3.16. The van der Waals surface area contributed by atoms with Gasteiger partial charge in [0.05, 0.1) is 18.1 Å². The molecular formula is C7H8NNaO4. The number of benzene rings is 1. The standard InChI is InChI=1S/C7H7NO4.Na.H/c1-12-7-4-5(8(10)11)2-3-6(7)9;;/h2-4,9H,1H3;;/q;+1;-1. The van der Waals surface area contributed by atoms with Crippen molar-refractivity contribution < 1.29 is 45.8 Å². The van der Waals surface area contributed by atoms with E-state index in [-0.39, 0.29) is 48.2 Å². The van der Waals surface area contributed by atoms with Gasteiger partial charge in [-0.2, -0.15) is 0 Å². The number of methoxy groups -OCH3 is 1. The summed E-state index contributed by atoms with van der Waals surface area (Å²) in [5.41, 5.74) is -0.107. The van der Waals surface area contributed by atoms with Gasteiger partial charge in [0, 0.05) is 6.07 Å². The minimum atomic E-state index is -0.554. The predicted octanol–water partition coefficient (Wildman–Crippen LogP) is -1.57. The second-order valence-electron chi connectivity index (χ2n) is 2.11. The van der Waals surface area contributed by atoms with E-state index in [4.69, 9.17) is 5.11 Å². The quantitative estimate of drug-likeness (QED) is 0.349. The third-order valence-electron chi connectivity index (χ3n) is 1.37. The molecule has 13 heavy (non-hydrogen) atoms. The molecule has 0 aliphatic heterocycles. The maximum absolute atomic E-state index is 10.2. The van der Waals surface area contributed by atoms with Crippen molar-refractivity contribution >= 4 is 5.69 Å². The molecule has 66 valence electrons. The molecule has 1 aromatic carbocycles. The van der Waals surface area contributed by atoms with Crippen molar-refractivity contribution in [1.82, 2.24) is 0 Å². The molecule has 1 rings (SSSR count). The van der Waals surface area contributed by atoms with E-state index in [2.05, 4.69) is 4.74 Å². The molecule has 0 saturated carbocycles.